The lowest BCUT2D eigenvalue weighted by Gasteiger charge is -2.23. The maximum atomic E-state index is 12.9. The fraction of sp³-hybridized carbons (Fsp3) is 0.419. The van der Waals surface area contributed by atoms with Crippen LogP contribution in [0.25, 0.3) is 22.5 Å². The lowest BCUT2D eigenvalue weighted by molar-refractivity contribution is -0.141. The summed E-state index contributed by atoms with van der Waals surface area (Å²) >= 11 is 0. The number of aliphatic carboxylic acids is 1. The quantitative estimate of drug-likeness (QED) is 0.305. The van der Waals surface area contributed by atoms with Crippen LogP contribution in [-0.4, -0.2) is 64.6 Å². The molecule has 1 saturated heterocycles. The van der Waals surface area contributed by atoms with E-state index in [4.69, 9.17) is 4.74 Å². The third kappa shape index (κ3) is 7.63. The van der Waals surface area contributed by atoms with Gasteiger partial charge in [-0.05, 0) is 49.6 Å². The minimum absolute atomic E-state index is 0.0594. The zero-order valence-corrected chi connectivity index (χ0v) is 22.8. The summed E-state index contributed by atoms with van der Waals surface area (Å²) < 4.78 is 5.84. The van der Waals surface area contributed by atoms with E-state index in [1.807, 2.05) is 60.9 Å². The van der Waals surface area contributed by atoms with Gasteiger partial charge in [0.1, 0.15) is 5.75 Å². The van der Waals surface area contributed by atoms with Gasteiger partial charge in [-0.3, -0.25) is 9.59 Å². The fourth-order valence-corrected chi connectivity index (χ4v) is 4.81. The molecule has 0 unspecified atom stereocenters. The number of nitrogens with zero attached hydrogens (tertiary/aromatic N) is 3. The van der Waals surface area contributed by atoms with E-state index >= 15 is 0 Å². The highest BCUT2D eigenvalue weighted by Crippen LogP contribution is 2.24. The largest absolute Gasteiger partial charge is 0.494 e. The number of nitrogens with one attached hydrogen (secondary N) is 1. The maximum Gasteiger partial charge on any atom is 0.308 e. The summed E-state index contributed by atoms with van der Waals surface area (Å²) in [7, 11) is 1.76. The SMILES string of the molecule is CCCCCCOc1ccc(-c2cnc(-c3ccc(C[C@H](NC)C(=O)N4CC[C@H](C(=O)O)C4)cc3)nc2)cc1. The monoisotopic (exact) mass is 530 g/mol. The number of carboxylic acid groups (broad SMARTS) is 1. The van der Waals surface area contributed by atoms with Gasteiger partial charge in [-0.2, -0.15) is 0 Å². The molecule has 2 heterocycles. The van der Waals surface area contributed by atoms with Gasteiger partial charge in [-0.25, -0.2) is 9.97 Å². The third-order valence-corrected chi connectivity index (χ3v) is 7.25. The number of likely N-dealkylation sites (tertiary alicyclic amines) is 1. The van der Waals surface area contributed by atoms with E-state index in [0.29, 0.717) is 25.2 Å². The summed E-state index contributed by atoms with van der Waals surface area (Å²) in [4.78, 5) is 35.0. The number of carboxylic acids is 1. The van der Waals surface area contributed by atoms with Crippen molar-refractivity contribution in [3.63, 3.8) is 0 Å². The second-order valence-electron chi connectivity index (χ2n) is 10.1. The number of hydrogen-bond donors (Lipinski definition) is 2. The normalized spacial score (nSPS) is 15.7. The van der Waals surface area contributed by atoms with E-state index < -0.39 is 17.9 Å². The van der Waals surface area contributed by atoms with Crippen LogP contribution in [0.4, 0.5) is 0 Å². The number of benzene rings is 2. The number of likely N-dealkylation sites (N-methyl/N-ethyl adjacent to an activating group) is 1. The molecule has 1 aliphatic heterocycles. The smallest absolute Gasteiger partial charge is 0.308 e. The number of carbonyl (C=O) groups excluding carboxylic acids is 1. The highest BCUT2D eigenvalue weighted by molar-refractivity contribution is 5.83. The maximum absolute atomic E-state index is 12.9. The van der Waals surface area contributed by atoms with Gasteiger partial charge in [0.25, 0.3) is 0 Å². The number of aromatic nitrogens is 2. The second kappa shape index (κ2) is 13.8. The summed E-state index contributed by atoms with van der Waals surface area (Å²) in [6, 6.07) is 15.5. The molecule has 1 aromatic heterocycles. The zero-order chi connectivity index (χ0) is 27.6. The molecule has 206 valence electrons. The zero-order valence-electron chi connectivity index (χ0n) is 22.8. The van der Waals surface area contributed by atoms with Crippen molar-refractivity contribution in [3.8, 4) is 28.3 Å². The highest BCUT2D eigenvalue weighted by Gasteiger charge is 2.33. The standard InChI is InChI=1S/C31H38N4O4/c1-3-4-5-6-17-39-27-13-11-23(12-14-27)26-19-33-29(34-20-26)24-9-7-22(8-10-24)18-28(32-2)30(36)35-16-15-25(21-35)31(37)38/h7-14,19-20,25,28,32H,3-6,15-18,21H2,1-2H3,(H,37,38)/t25-,28-/m0/s1. The van der Waals surface area contributed by atoms with E-state index in [-0.39, 0.29) is 12.5 Å². The molecule has 2 atom stereocenters. The minimum atomic E-state index is -0.840. The lowest BCUT2D eigenvalue weighted by Crippen LogP contribution is -2.45. The van der Waals surface area contributed by atoms with Gasteiger partial charge in [-0.15, -0.1) is 0 Å². The van der Waals surface area contributed by atoms with Crippen molar-refractivity contribution in [3.05, 3.63) is 66.5 Å². The minimum Gasteiger partial charge on any atom is -0.494 e. The molecule has 1 fully saturated rings. The van der Waals surface area contributed by atoms with Crippen LogP contribution in [0.5, 0.6) is 5.75 Å². The van der Waals surface area contributed by atoms with Crippen LogP contribution in [0, 0.1) is 5.92 Å². The summed E-state index contributed by atoms with van der Waals surface area (Å²) in [5.74, 6) is 0.134. The molecule has 0 aliphatic carbocycles. The molecule has 0 spiro atoms. The Morgan fingerprint density at radius 3 is 2.31 bits per heavy atom. The van der Waals surface area contributed by atoms with Crippen molar-refractivity contribution in [1.82, 2.24) is 20.2 Å². The van der Waals surface area contributed by atoms with Gasteiger partial charge in [0.15, 0.2) is 5.82 Å². The predicted octanol–water partition coefficient (Wildman–Crippen LogP) is 4.83. The summed E-state index contributed by atoms with van der Waals surface area (Å²) in [5, 5.41) is 12.3. The molecular weight excluding hydrogens is 492 g/mol. The van der Waals surface area contributed by atoms with Gasteiger partial charge in [0.05, 0.1) is 18.6 Å². The number of unbranched alkanes of at least 4 members (excludes halogenated alkanes) is 3. The molecule has 3 aromatic rings. The molecule has 1 amide bonds. The Labute approximate surface area is 230 Å². The van der Waals surface area contributed by atoms with E-state index in [2.05, 4.69) is 22.2 Å². The Morgan fingerprint density at radius 2 is 1.69 bits per heavy atom. The molecular formula is C31H38N4O4. The van der Waals surface area contributed by atoms with E-state index in [1.165, 1.54) is 19.3 Å². The van der Waals surface area contributed by atoms with E-state index in [0.717, 1.165) is 41.0 Å². The van der Waals surface area contributed by atoms with Crippen LogP contribution in [0.15, 0.2) is 60.9 Å². The van der Waals surface area contributed by atoms with Crippen LogP contribution in [0.1, 0.15) is 44.6 Å². The van der Waals surface area contributed by atoms with Gasteiger partial charge in [0.2, 0.25) is 5.91 Å². The lowest BCUT2D eigenvalue weighted by atomic mass is 10.0. The summed E-state index contributed by atoms with van der Waals surface area (Å²) in [5.41, 5.74) is 3.87. The first-order valence-electron chi connectivity index (χ1n) is 13.8. The summed E-state index contributed by atoms with van der Waals surface area (Å²) in [6.45, 7) is 3.70. The first-order valence-corrected chi connectivity index (χ1v) is 13.8. The van der Waals surface area contributed by atoms with Crippen molar-refractivity contribution >= 4 is 11.9 Å². The Bertz CT molecular complexity index is 1210. The average molecular weight is 531 g/mol. The molecule has 2 aromatic carbocycles. The topological polar surface area (TPSA) is 105 Å². The number of carbonyl (C=O) groups is 2. The molecule has 1 aliphatic rings. The van der Waals surface area contributed by atoms with Crippen LogP contribution < -0.4 is 10.1 Å². The van der Waals surface area contributed by atoms with Crippen molar-refractivity contribution in [1.29, 1.82) is 0 Å². The second-order valence-corrected chi connectivity index (χ2v) is 10.1. The number of ether oxygens (including phenoxy) is 1. The first-order chi connectivity index (χ1) is 19.0. The van der Waals surface area contributed by atoms with Crippen molar-refractivity contribution in [2.24, 2.45) is 5.92 Å². The average Bonchev–Trinajstić information content (AvgIpc) is 3.47. The van der Waals surface area contributed by atoms with Gasteiger partial charge in [0, 0.05) is 36.6 Å². The number of rotatable bonds is 13. The van der Waals surface area contributed by atoms with Gasteiger partial charge in [-0.1, -0.05) is 62.6 Å². The van der Waals surface area contributed by atoms with Crippen molar-refractivity contribution in [2.45, 2.75) is 51.5 Å². The molecule has 0 bridgehead atoms. The van der Waals surface area contributed by atoms with Gasteiger partial charge < -0.3 is 20.1 Å². The van der Waals surface area contributed by atoms with Gasteiger partial charge >= 0.3 is 5.97 Å². The van der Waals surface area contributed by atoms with Crippen LogP contribution >= 0.6 is 0 Å². The predicted molar refractivity (Wildman–Crippen MR) is 151 cm³/mol. The first kappa shape index (κ1) is 28.2. The Morgan fingerprint density at radius 1 is 1.00 bits per heavy atom. The Balaban J connectivity index is 1.32. The fourth-order valence-electron chi connectivity index (χ4n) is 4.81. The molecule has 0 saturated carbocycles. The molecule has 8 heteroatoms. The summed E-state index contributed by atoms with van der Waals surface area (Å²) in [6.07, 6.45) is 9.42. The highest BCUT2D eigenvalue weighted by atomic mass is 16.5. The van der Waals surface area contributed by atoms with E-state index in [9.17, 15) is 14.7 Å². The third-order valence-electron chi connectivity index (χ3n) is 7.25. The number of hydrogen-bond acceptors (Lipinski definition) is 6. The Hall–Kier alpha value is -3.78. The number of amides is 1. The molecule has 2 N–H and O–H groups in total. The molecule has 8 nitrogen and oxygen atoms in total. The van der Waals surface area contributed by atoms with Crippen LogP contribution in [0.2, 0.25) is 0 Å². The molecule has 4 rings (SSSR count). The molecule has 39 heavy (non-hydrogen) atoms. The van der Waals surface area contributed by atoms with Crippen LogP contribution in [0.3, 0.4) is 0 Å². The molecule has 0 radical (unpaired) electrons. The van der Waals surface area contributed by atoms with Crippen molar-refractivity contribution in [2.75, 3.05) is 26.7 Å². The Kier molecular flexibility index (Phi) is 10.0. The van der Waals surface area contributed by atoms with Crippen molar-refractivity contribution < 1.29 is 19.4 Å². The van der Waals surface area contributed by atoms with Crippen LogP contribution in [-0.2, 0) is 16.0 Å². The van der Waals surface area contributed by atoms with E-state index in [1.54, 1.807) is 11.9 Å².